The Balaban J connectivity index is 1.84. The predicted molar refractivity (Wildman–Crippen MR) is 120 cm³/mol. The molecule has 4 aromatic rings. The number of rotatable bonds is 3. The summed E-state index contributed by atoms with van der Waals surface area (Å²) in [6.45, 7) is 10.8. The molecular weight excluding hydrogens is 354 g/mol. The fourth-order valence-corrected chi connectivity index (χ4v) is 3.88. The molecule has 0 radical (unpaired) electrons. The number of aryl methyl sites for hydroxylation is 3. The number of benzene rings is 2. The van der Waals surface area contributed by atoms with Crippen LogP contribution in [0.15, 0.2) is 55.0 Å². The van der Waals surface area contributed by atoms with Crippen molar-refractivity contribution in [3.8, 4) is 22.4 Å². The van der Waals surface area contributed by atoms with Gasteiger partial charge < -0.3 is 0 Å². The number of aromatic nitrogens is 3. The summed E-state index contributed by atoms with van der Waals surface area (Å²) < 4.78 is 2.23. The van der Waals surface area contributed by atoms with Gasteiger partial charge in [-0.15, -0.1) is 0 Å². The molecule has 0 aliphatic heterocycles. The maximum absolute atomic E-state index is 4.53. The van der Waals surface area contributed by atoms with E-state index in [1.807, 2.05) is 12.4 Å². The first-order valence-electron chi connectivity index (χ1n) is 10.2. The second kappa shape index (κ2) is 7.40. The highest BCUT2D eigenvalue weighted by Crippen LogP contribution is 2.29. The summed E-state index contributed by atoms with van der Waals surface area (Å²) in [4.78, 5) is 9.06. The van der Waals surface area contributed by atoms with Crippen LogP contribution in [0.2, 0.25) is 0 Å². The van der Waals surface area contributed by atoms with Gasteiger partial charge in [-0.25, -0.2) is 14.5 Å². The van der Waals surface area contributed by atoms with Crippen LogP contribution >= 0.6 is 0 Å². The van der Waals surface area contributed by atoms with Crippen molar-refractivity contribution in [3.63, 3.8) is 0 Å². The van der Waals surface area contributed by atoms with Crippen LogP contribution in [0.1, 0.15) is 42.3 Å². The largest absolute Gasteiger partial charge is 0.240 e. The second-order valence-electron chi connectivity index (χ2n) is 8.35. The quantitative estimate of drug-likeness (QED) is 0.417. The van der Waals surface area contributed by atoms with Crippen LogP contribution in [-0.4, -0.2) is 9.97 Å². The van der Waals surface area contributed by atoms with E-state index in [2.05, 4.69) is 98.8 Å². The lowest BCUT2D eigenvalue weighted by atomic mass is 9.96. The Bertz CT molecular complexity index is 1210. The molecule has 2 aromatic heterocycles. The van der Waals surface area contributed by atoms with E-state index in [4.69, 9.17) is 0 Å². The summed E-state index contributed by atoms with van der Waals surface area (Å²) in [7, 11) is 2.12. The van der Waals surface area contributed by atoms with Gasteiger partial charge in [0.2, 0.25) is 5.69 Å². The molecule has 0 spiro atoms. The summed E-state index contributed by atoms with van der Waals surface area (Å²) in [5.74, 6) is 1.22. The third-order valence-electron chi connectivity index (χ3n) is 5.70. The summed E-state index contributed by atoms with van der Waals surface area (Å²) >= 11 is 0. The molecule has 0 amide bonds. The molecule has 29 heavy (non-hydrogen) atoms. The van der Waals surface area contributed by atoms with E-state index in [0.717, 1.165) is 17.0 Å². The van der Waals surface area contributed by atoms with Crippen LogP contribution in [0.5, 0.6) is 0 Å². The Labute approximate surface area is 173 Å². The maximum Gasteiger partial charge on any atom is 0.213 e. The van der Waals surface area contributed by atoms with E-state index in [1.165, 1.54) is 38.7 Å². The topological polar surface area (TPSA) is 29.7 Å². The molecule has 0 atom stereocenters. The molecule has 3 nitrogen and oxygen atoms in total. The zero-order valence-corrected chi connectivity index (χ0v) is 18.1. The summed E-state index contributed by atoms with van der Waals surface area (Å²) in [6.07, 6.45) is 6.08. The van der Waals surface area contributed by atoms with Crippen LogP contribution < -0.4 is 4.57 Å². The van der Waals surface area contributed by atoms with E-state index in [0.29, 0.717) is 5.92 Å². The molecule has 0 saturated heterocycles. The summed E-state index contributed by atoms with van der Waals surface area (Å²) in [5.41, 5.74) is 8.67. The van der Waals surface area contributed by atoms with Crippen molar-refractivity contribution in [2.45, 2.75) is 40.5 Å². The first-order chi connectivity index (χ1) is 13.8. The summed E-state index contributed by atoms with van der Waals surface area (Å²) in [5, 5.41) is 2.45. The number of fused-ring (bicyclic) bond motifs is 1. The van der Waals surface area contributed by atoms with Crippen LogP contribution in [0.25, 0.3) is 33.2 Å². The van der Waals surface area contributed by atoms with Crippen molar-refractivity contribution in [1.29, 1.82) is 0 Å². The molecular formula is C26H28N3+. The van der Waals surface area contributed by atoms with Crippen molar-refractivity contribution < 1.29 is 4.57 Å². The minimum atomic E-state index is 0.337. The van der Waals surface area contributed by atoms with E-state index in [1.54, 1.807) is 0 Å². The predicted octanol–water partition coefficient (Wildman–Crippen LogP) is 5.84. The third kappa shape index (κ3) is 3.65. The van der Waals surface area contributed by atoms with Crippen molar-refractivity contribution in [2.75, 3.05) is 0 Å². The van der Waals surface area contributed by atoms with Crippen LogP contribution in [0.3, 0.4) is 0 Å². The van der Waals surface area contributed by atoms with Gasteiger partial charge in [0.25, 0.3) is 0 Å². The Morgan fingerprint density at radius 3 is 2.24 bits per heavy atom. The van der Waals surface area contributed by atoms with Crippen LogP contribution in [0.4, 0.5) is 0 Å². The minimum absolute atomic E-state index is 0.337. The van der Waals surface area contributed by atoms with Crippen molar-refractivity contribution in [2.24, 2.45) is 7.05 Å². The molecule has 146 valence electrons. The molecule has 4 rings (SSSR count). The van der Waals surface area contributed by atoms with Gasteiger partial charge in [0.15, 0.2) is 6.20 Å². The van der Waals surface area contributed by atoms with Gasteiger partial charge in [-0.2, -0.15) is 0 Å². The number of nitrogens with zero attached hydrogens (tertiary/aromatic N) is 3. The van der Waals surface area contributed by atoms with Crippen LogP contribution in [0, 0.1) is 20.8 Å². The van der Waals surface area contributed by atoms with Gasteiger partial charge in [-0.1, -0.05) is 31.5 Å². The minimum Gasteiger partial charge on any atom is -0.240 e. The highest BCUT2D eigenvalue weighted by Gasteiger charge is 2.16. The van der Waals surface area contributed by atoms with E-state index in [9.17, 15) is 0 Å². The normalized spacial score (nSPS) is 11.4. The van der Waals surface area contributed by atoms with Crippen molar-refractivity contribution in [3.05, 3.63) is 77.5 Å². The molecule has 0 N–H and O–H groups in total. The van der Waals surface area contributed by atoms with Crippen LogP contribution in [-0.2, 0) is 7.05 Å². The van der Waals surface area contributed by atoms with E-state index < -0.39 is 0 Å². The molecule has 2 heterocycles. The smallest absolute Gasteiger partial charge is 0.213 e. The first kappa shape index (κ1) is 19.3. The zero-order chi connectivity index (χ0) is 20.7. The lowest BCUT2D eigenvalue weighted by molar-refractivity contribution is -0.659. The SMILES string of the molecule is Cc1cc(C)c(C)c(-c2cc3cc(-c4cnc(C(C)C)nc4)ccc3c[n+]2C)c1. The first-order valence-corrected chi connectivity index (χ1v) is 10.2. The Hall–Kier alpha value is -3.07. The molecule has 0 aliphatic rings. The van der Waals surface area contributed by atoms with Crippen molar-refractivity contribution in [1.82, 2.24) is 9.97 Å². The monoisotopic (exact) mass is 382 g/mol. The zero-order valence-electron chi connectivity index (χ0n) is 18.1. The Morgan fingerprint density at radius 2 is 1.55 bits per heavy atom. The molecule has 0 bridgehead atoms. The molecule has 0 unspecified atom stereocenters. The van der Waals surface area contributed by atoms with Gasteiger partial charge in [-0.05, 0) is 61.0 Å². The molecule has 2 aromatic carbocycles. The molecule has 0 saturated carbocycles. The van der Waals surface area contributed by atoms with E-state index in [-0.39, 0.29) is 0 Å². The van der Waals surface area contributed by atoms with Gasteiger partial charge in [0, 0.05) is 40.9 Å². The van der Waals surface area contributed by atoms with Crippen molar-refractivity contribution >= 4 is 10.8 Å². The molecule has 0 aliphatic carbocycles. The number of pyridine rings is 1. The Kier molecular flexibility index (Phi) is 4.91. The fraction of sp³-hybridized carbons (Fsp3) is 0.269. The average molecular weight is 383 g/mol. The summed E-state index contributed by atoms with van der Waals surface area (Å²) in [6, 6.07) is 13.4. The fourth-order valence-electron chi connectivity index (χ4n) is 3.88. The highest BCUT2D eigenvalue weighted by atomic mass is 14.9. The third-order valence-corrected chi connectivity index (χ3v) is 5.70. The lowest BCUT2D eigenvalue weighted by Gasteiger charge is -2.11. The molecule has 3 heteroatoms. The van der Waals surface area contributed by atoms with Gasteiger partial charge in [0.05, 0.1) is 0 Å². The van der Waals surface area contributed by atoms with Gasteiger partial charge >= 0.3 is 0 Å². The van der Waals surface area contributed by atoms with E-state index >= 15 is 0 Å². The number of hydrogen-bond acceptors (Lipinski definition) is 2. The highest BCUT2D eigenvalue weighted by molar-refractivity contribution is 5.88. The second-order valence-corrected chi connectivity index (χ2v) is 8.35. The number of hydrogen-bond donors (Lipinski definition) is 0. The average Bonchev–Trinajstić information content (AvgIpc) is 2.70. The lowest BCUT2D eigenvalue weighted by Crippen LogP contribution is -2.30. The maximum atomic E-state index is 4.53. The Morgan fingerprint density at radius 1 is 0.828 bits per heavy atom. The molecule has 0 fully saturated rings. The standard InChI is InChI=1S/C26H28N3/c1-16(2)26-27-13-23(14-28-26)20-7-8-21-15-29(6)25(12-22(21)11-20)24-10-17(3)9-18(4)19(24)5/h7-16H,1-6H3/q+1. The van der Waals surface area contributed by atoms with Gasteiger partial charge in [0.1, 0.15) is 12.9 Å². The van der Waals surface area contributed by atoms with Gasteiger partial charge in [-0.3, -0.25) is 0 Å².